The van der Waals surface area contributed by atoms with E-state index in [1.54, 1.807) is 35.8 Å². The SMILES string of the molecule is O=C(Nc1nccs1)c1ccc(NC(=O)c2ccc(=O)n(CCOc3ccccc3)n2)cc1. The van der Waals surface area contributed by atoms with Gasteiger partial charge in [-0.2, -0.15) is 5.10 Å². The van der Waals surface area contributed by atoms with Crippen LogP contribution in [-0.2, 0) is 6.54 Å². The number of ether oxygens (including phenoxy) is 1. The molecule has 4 rings (SSSR count). The maximum atomic E-state index is 12.6. The number of carbonyl (C=O) groups is 2. The lowest BCUT2D eigenvalue weighted by molar-refractivity contribution is 0.101. The first-order valence-electron chi connectivity index (χ1n) is 9.97. The molecule has 166 valence electrons. The zero-order valence-corrected chi connectivity index (χ0v) is 18.1. The number of rotatable bonds is 8. The van der Waals surface area contributed by atoms with Gasteiger partial charge in [0.05, 0.1) is 6.54 Å². The van der Waals surface area contributed by atoms with Gasteiger partial charge >= 0.3 is 0 Å². The van der Waals surface area contributed by atoms with E-state index in [-0.39, 0.29) is 30.3 Å². The van der Waals surface area contributed by atoms with Crippen molar-refractivity contribution in [2.75, 3.05) is 17.2 Å². The molecular formula is C23H19N5O4S. The average molecular weight is 462 g/mol. The van der Waals surface area contributed by atoms with Crippen LogP contribution >= 0.6 is 11.3 Å². The molecule has 0 aliphatic carbocycles. The second-order valence-electron chi connectivity index (χ2n) is 6.76. The molecule has 0 unspecified atom stereocenters. The minimum absolute atomic E-state index is 0.0832. The molecule has 4 aromatic rings. The van der Waals surface area contributed by atoms with Crippen molar-refractivity contribution < 1.29 is 14.3 Å². The van der Waals surface area contributed by atoms with E-state index >= 15 is 0 Å². The molecule has 0 atom stereocenters. The molecule has 2 N–H and O–H groups in total. The largest absolute Gasteiger partial charge is 0.492 e. The van der Waals surface area contributed by atoms with Gasteiger partial charge < -0.3 is 10.1 Å². The first kappa shape index (κ1) is 21.9. The molecule has 2 amide bonds. The molecular weight excluding hydrogens is 442 g/mol. The van der Waals surface area contributed by atoms with E-state index in [1.807, 2.05) is 30.3 Å². The molecule has 0 radical (unpaired) electrons. The van der Waals surface area contributed by atoms with Gasteiger partial charge in [0.25, 0.3) is 17.4 Å². The third kappa shape index (κ3) is 5.89. The maximum Gasteiger partial charge on any atom is 0.276 e. The Hall–Kier alpha value is -4.31. The van der Waals surface area contributed by atoms with Gasteiger partial charge in [0.1, 0.15) is 18.1 Å². The van der Waals surface area contributed by atoms with Crippen LogP contribution in [0.3, 0.4) is 0 Å². The van der Waals surface area contributed by atoms with Crippen molar-refractivity contribution >= 4 is 34.0 Å². The van der Waals surface area contributed by atoms with E-state index < -0.39 is 5.91 Å². The molecule has 0 aliphatic rings. The third-order valence-electron chi connectivity index (χ3n) is 4.47. The second kappa shape index (κ2) is 10.3. The van der Waals surface area contributed by atoms with Crippen molar-refractivity contribution in [3.8, 4) is 5.75 Å². The predicted octanol–water partition coefficient (Wildman–Crippen LogP) is 3.28. The molecule has 2 aromatic heterocycles. The Labute approximate surface area is 192 Å². The van der Waals surface area contributed by atoms with E-state index in [2.05, 4.69) is 20.7 Å². The van der Waals surface area contributed by atoms with Crippen molar-refractivity contribution in [1.29, 1.82) is 0 Å². The molecule has 0 fully saturated rings. The van der Waals surface area contributed by atoms with E-state index in [1.165, 1.54) is 28.2 Å². The maximum absolute atomic E-state index is 12.6. The van der Waals surface area contributed by atoms with E-state index in [0.29, 0.717) is 22.1 Å². The summed E-state index contributed by atoms with van der Waals surface area (Å²) in [6.45, 7) is 0.421. The third-order valence-corrected chi connectivity index (χ3v) is 5.16. The van der Waals surface area contributed by atoms with Crippen LogP contribution in [0, 0.1) is 0 Å². The average Bonchev–Trinajstić information content (AvgIpc) is 3.34. The van der Waals surface area contributed by atoms with Crippen LogP contribution in [0.15, 0.2) is 83.1 Å². The Balaban J connectivity index is 1.36. The first-order chi connectivity index (χ1) is 16.1. The molecule has 0 saturated heterocycles. The van der Waals surface area contributed by atoms with Gasteiger partial charge in [-0.1, -0.05) is 18.2 Å². The van der Waals surface area contributed by atoms with Crippen molar-refractivity contribution in [3.05, 3.63) is 99.9 Å². The highest BCUT2D eigenvalue weighted by molar-refractivity contribution is 7.13. The van der Waals surface area contributed by atoms with Gasteiger partial charge in [0.2, 0.25) is 0 Å². The summed E-state index contributed by atoms with van der Waals surface area (Å²) in [6.07, 6.45) is 1.60. The first-order valence-corrected chi connectivity index (χ1v) is 10.8. The van der Waals surface area contributed by atoms with Crippen LogP contribution in [0.4, 0.5) is 10.8 Å². The number of hydrogen-bond donors (Lipinski definition) is 2. The molecule has 0 saturated carbocycles. The summed E-state index contributed by atoms with van der Waals surface area (Å²) in [5, 5.41) is 11.8. The number of nitrogens with zero attached hydrogens (tertiary/aromatic N) is 3. The lowest BCUT2D eigenvalue weighted by atomic mass is 10.2. The fourth-order valence-corrected chi connectivity index (χ4v) is 3.38. The molecule has 0 spiro atoms. The van der Waals surface area contributed by atoms with Crippen LogP contribution in [0.2, 0.25) is 0 Å². The molecule has 0 aliphatic heterocycles. The van der Waals surface area contributed by atoms with Gasteiger partial charge in [0.15, 0.2) is 5.13 Å². The minimum Gasteiger partial charge on any atom is -0.492 e. The Kier molecular flexibility index (Phi) is 6.86. The number of hydrogen-bond acceptors (Lipinski definition) is 7. The van der Waals surface area contributed by atoms with E-state index in [0.717, 1.165) is 0 Å². The highest BCUT2D eigenvalue weighted by Crippen LogP contribution is 2.15. The summed E-state index contributed by atoms with van der Waals surface area (Å²) in [5.41, 5.74) is 0.657. The van der Waals surface area contributed by atoms with Gasteiger partial charge in [-0.3, -0.25) is 19.7 Å². The number of benzene rings is 2. The smallest absolute Gasteiger partial charge is 0.276 e. The molecule has 9 nitrogen and oxygen atoms in total. The fraction of sp³-hybridized carbons (Fsp3) is 0.0870. The molecule has 2 aromatic carbocycles. The summed E-state index contributed by atoms with van der Waals surface area (Å²) in [6, 6.07) is 18.3. The standard InChI is InChI=1S/C23H19N5O4S/c29-20-11-10-19(27-28(20)13-14-32-18-4-2-1-3-5-18)22(31)25-17-8-6-16(7-9-17)21(30)26-23-24-12-15-33-23/h1-12,15H,13-14H2,(H,25,31)(H,24,26,30). The Morgan fingerprint density at radius 3 is 2.45 bits per heavy atom. The number of nitrogens with one attached hydrogen (secondary N) is 2. The summed E-state index contributed by atoms with van der Waals surface area (Å²) in [7, 11) is 0. The van der Waals surface area contributed by atoms with Gasteiger partial charge in [-0.05, 0) is 42.5 Å². The normalized spacial score (nSPS) is 10.4. The summed E-state index contributed by atoms with van der Waals surface area (Å²) in [5.74, 6) is -0.0924. The molecule has 33 heavy (non-hydrogen) atoms. The highest BCUT2D eigenvalue weighted by atomic mass is 32.1. The van der Waals surface area contributed by atoms with Gasteiger partial charge in [-0.25, -0.2) is 9.67 Å². The van der Waals surface area contributed by atoms with Crippen LogP contribution in [-0.4, -0.2) is 33.2 Å². The zero-order valence-electron chi connectivity index (χ0n) is 17.3. The highest BCUT2D eigenvalue weighted by Gasteiger charge is 2.12. The second-order valence-corrected chi connectivity index (χ2v) is 7.66. The van der Waals surface area contributed by atoms with Crippen LogP contribution in [0.25, 0.3) is 0 Å². The Morgan fingerprint density at radius 1 is 0.939 bits per heavy atom. The molecule has 0 bridgehead atoms. The number of para-hydroxylation sites is 1. The van der Waals surface area contributed by atoms with E-state index in [9.17, 15) is 14.4 Å². The monoisotopic (exact) mass is 461 g/mol. The number of thiazole rings is 1. The molecule has 2 heterocycles. The van der Waals surface area contributed by atoms with Crippen molar-refractivity contribution in [2.24, 2.45) is 0 Å². The summed E-state index contributed by atoms with van der Waals surface area (Å²) < 4.78 is 6.77. The van der Waals surface area contributed by atoms with Crippen molar-refractivity contribution in [2.45, 2.75) is 6.54 Å². The van der Waals surface area contributed by atoms with Crippen LogP contribution in [0.5, 0.6) is 5.75 Å². The minimum atomic E-state index is -0.479. The Bertz CT molecular complexity index is 1290. The number of aromatic nitrogens is 3. The van der Waals surface area contributed by atoms with E-state index in [4.69, 9.17) is 4.74 Å². The topological polar surface area (TPSA) is 115 Å². The van der Waals surface area contributed by atoms with Crippen LogP contribution < -0.4 is 20.9 Å². The zero-order chi connectivity index (χ0) is 23.0. The number of amides is 2. The molecule has 10 heteroatoms. The van der Waals surface area contributed by atoms with Crippen molar-refractivity contribution in [1.82, 2.24) is 14.8 Å². The van der Waals surface area contributed by atoms with Crippen molar-refractivity contribution in [3.63, 3.8) is 0 Å². The lowest BCUT2D eigenvalue weighted by Crippen LogP contribution is -2.28. The summed E-state index contributed by atoms with van der Waals surface area (Å²) in [4.78, 5) is 40.9. The summed E-state index contributed by atoms with van der Waals surface area (Å²) >= 11 is 1.32. The lowest BCUT2D eigenvalue weighted by Gasteiger charge is -2.09. The quantitative estimate of drug-likeness (QED) is 0.416. The number of carbonyl (C=O) groups excluding carboxylic acids is 2. The Morgan fingerprint density at radius 2 is 1.73 bits per heavy atom. The van der Waals surface area contributed by atoms with Gasteiger partial charge in [0, 0.05) is 28.9 Å². The fourth-order valence-electron chi connectivity index (χ4n) is 2.85. The van der Waals surface area contributed by atoms with Gasteiger partial charge in [-0.15, -0.1) is 11.3 Å². The predicted molar refractivity (Wildman–Crippen MR) is 125 cm³/mol. The number of anilines is 2. The van der Waals surface area contributed by atoms with Crippen LogP contribution in [0.1, 0.15) is 20.8 Å².